The molecule has 1 fully saturated rings. The minimum atomic E-state index is -0.228. The highest BCUT2D eigenvalue weighted by Crippen LogP contribution is 2.27. The number of thiazole rings is 1. The maximum absolute atomic E-state index is 12.6. The van der Waals surface area contributed by atoms with Crippen molar-refractivity contribution in [2.45, 2.75) is 13.0 Å². The SMILES string of the molecule is CN1CCc2nc(N/C=C(/C#N)C(=O)N3CCN(CCN)CC3)sc2C1. The van der Waals surface area contributed by atoms with E-state index in [-0.39, 0.29) is 11.5 Å². The zero-order valence-corrected chi connectivity index (χ0v) is 15.9. The first-order chi connectivity index (χ1) is 12.6. The Morgan fingerprint density at radius 3 is 2.85 bits per heavy atom. The fourth-order valence-electron chi connectivity index (χ4n) is 3.19. The Hall–Kier alpha value is -1.99. The summed E-state index contributed by atoms with van der Waals surface area (Å²) in [6.45, 7) is 6.19. The van der Waals surface area contributed by atoms with E-state index in [1.165, 1.54) is 11.1 Å². The lowest BCUT2D eigenvalue weighted by molar-refractivity contribution is -0.128. The third kappa shape index (κ3) is 4.40. The second-order valence-corrected chi connectivity index (χ2v) is 7.70. The van der Waals surface area contributed by atoms with Gasteiger partial charge in [0.1, 0.15) is 11.6 Å². The van der Waals surface area contributed by atoms with Crippen LogP contribution in [0.5, 0.6) is 0 Å². The predicted octanol–water partition coefficient (Wildman–Crippen LogP) is 0.0533. The van der Waals surface area contributed by atoms with Crippen LogP contribution in [-0.2, 0) is 17.8 Å². The van der Waals surface area contributed by atoms with Crippen molar-refractivity contribution in [2.24, 2.45) is 5.73 Å². The van der Waals surface area contributed by atoms with Crippen molar-refractivity contribution in [3.05, 3.63) is 22.3 Å². The molecule has 0 saturated carbocycles. The summed E-state index contributed by atoms with van der Waals surface area (Å²) in [6, 6.07) is 2.02. The summed E-state index contributed by atoms with van der Waals surface area (Å²) in [4.78, 5) is 24.6. The number of carbonyl (C=O) groups is 1. The number of nitriles is 1. The molecule has 2 aliphatic heterocycles. The van der Waals surface area contributed by atoms with E-state index < -0.39 is 0 Å². The van der Waals surface area contributed by atoms with Crippen LogP contribution in [-0.4, -0.2) is 78.5 Å². The van der Waals surface area contributed by atoms with Gasteiger partial charge in [0.25, 0.3) is 5.91 Å². The molecule has 3 N–H and O–H groups in total. The molecular formula is C17H25N7OS. The number of nitrogens with two attached hydrogens (primary N) is 1. The highest BCUT2D eigenvalue weighted by atomic mass is 32.1. The third-order valence-electron chi connectivity index (χ3n) is 4.72. The lowest BCUT2D eigenvalue weighted by Gasteiger charge is -2.34. The molecule has 1 aromatic heterocycles. The van der Waals surface area contributed by atoms with Gasteiger partial charge >= 0.3 is 0 Å². The lowest BCUT2D eigenvalue weighted by Crippen LogP contribution is -2.50. The number of fused-ring (bicyclic) bond motifs is 1. The van der Waals surface area contributed by atoms with Crippen molar-refractivity contribution < 1.29 is 4.79 Å². The van der Waals surface area contributed by atoms with Crippen molar-refractivity contribution in [2.75, 3.05) is 58.2 Å². The fraction of sp³-hybridized carbons (Fsp3) is 0.588. The number of rotatable bonds is 5. The van der Waals surface area contributed by atoms with Crippen LogP contribution >= 0.6 is 11.3 Å². The first kappa shape index (κ1) is 18.8. The van der Waals surface area contributed by atoms with Gasteiger partial charge in [-0.3, -0.25) is 9.69 Å². The highest BCUT2D eigenvalue weighted by Gasteiger charge is 2.23. The third-order valence-corrected chi connectivity index (χ3v) is 5.73. The Morgan fingerprint density at radius 1 is 1.38 bits per heavy atom. The summed E-state index contributed by atoms with van der Waals surface area (Å²) in [5, 5.41) is 13.2. The lowest BCUT2D eigenvalue weighted by atomic mass is 10.2. The highest BCUT2D eigenvalue weighted by molar-refractivity contribution is 7.15. The van der Waals surface area contributed by atoms with Crippen LogP contribution < -0.4 is 11.1 Å². The first-order valence-corrected chi connectivity index (χ1v) is 9.68. The molecule has 0 aromatic carbocycles. The molecule has 3 rings (SSSR count). The average molecular weight is 376 g/mol. The summed E-state index contributed by atoms with van der Waals surface area (Å²) < 4.78 is 0. The molecule has 0 bridgehead atoms. The van der Waals surface area contributed by atoms with Crippen LogP contribution in [0.25, 0.3) is 0 Å². The predicted molar refractivity (Wildman–Crippen MR) is 102 cm³/mol. The van der Waals surface area contributed by atoms with Crippen LogP contribution in [0.4, 0.5) is 5.13 Å². The molecule has 140 valence electrons. The average Bonchev–Trinajstić information content (AvgIpc) is 3.05. The number of likely N-dealkylation sites (N-methyl/N-ethyl adjacent to an activating group) is 1. The Labute approximate surface area is 157 Å². The summed E-state index contributed by atoms with van der Waals surface area (Å²) in [7, 11) is 2.09. The molecule has 9 heteroatoms. The van der Waals surface area contributed by atoms with Gasteiger partial charge < -0.3 is 20.9 Å². The minimum absolute atomic E-state index is 0.113. The summed E-state index contributed by atoms with van der Waals surface area (Å²) in [5.74, 6) is -0.228. The van der Waals surface area contributed by atoms with Crippen molar-refractivity contribution in [3.8, 4) is 6.07 Å². The van der Waals surface area contributed by atoms with Crippen LogP contribution in [0.3, 0.4) is 0 Å². The van der Waals surface area contributed by atoms with Gasteiger partial charge in [-0.05, 0) is 7.05 Å². The number of anilines is 1. The van der Waals surface area contributed by atoms with Crippen LogP contribution in [0.15, 0.2) is 11.8 Å². The Balaban J connectivity index is 1.60. The van der Waals surface area contributed by atoms with Crippen LogP contribution in [0.2, 0.25) is 0 Å². The normalized spacial score (nSPS) is 19.1. The second-order valence-electron chi connectivity index (χ2n) is 6.61. The largest absolute Gasteiger partial charge is 0.337 e. The zero-order valence-electron chi connectivity index (χ0n) is 15.1. The molecule has 0 spiro atoms. The molecule has 0 atom stereocenters. The topological polar surface area (TPSA) is 102 Å². The van der Waals surface area contributed by atoms with Gasteiger partial charge in [0.15, 0.2) is 5.13 Å². The number of nitrogens with one attached hydrogen (secondary N) is 1. The van der Waals surface area contributed by atoms with Crippen LogP contribution in [0.1, 0.15) is 10.6 Å². The van der Waals surface area contributed by atoms with Gasteiger partial charge in [-0.15, -0.1) is 11.3 Å². The number of piperazine rings is 1. The van der Waals surface area contributed by atoms with Crippen molar-refractivity contribution in [3.63, 3.8) is 0 Å². The quantitative estimate of drug-likeness (QED) is 0.554. The monoisotopic (exact) mass is 375 g/mol. The minimum Gasteiger partial charge on any atom is -0.337 e. The smallest absolute Gasteiger partial charge is 0.266 e. The van der Waals surface area contributed by atoms with Gasteiger partial charge in [-0.25, -0.2) is 4.98 Å². The number of hydrogen-bond acceptors (Lipinski definition) is 8. The van der Waals surface area contributed by atoms with Gasteiger partial charge in [-0.1, -0.05) is 0 Å². The van der Waals surface area contributed by atoms with Gasteiger partial charge in [0, 0.05) is 69.9 Å². The molecule has 26 heavy (non-hydrogen) atoms. The van der Waals surface area contributed by atoms with E-state index in [0.29, 0.717) is 19.6 Å². The first-order valence-electron chi connectivity index (χ1n) is 8.86. The summed E-state index contributed by atoms with van der Waals surface area (Å²) in [5.41, 5.74) is 6.80. The van der Waals surface area contributed by atoms with Gasteiger partial charge in [0.05, 0.1) is 5.69 Å². The molecule has 0 aliphatic carbocycles. The molecule has 1 amide bonds. The van der Waals surface area contributed by atoms with E-state index in [4.69, 9.17) is 5.73 Å². The fourth-order valence-corrected chi connectivity index (χ4v) is 4.25. The second kappa shape index (κ2) is 8.60. The molecule has 0 radical (unpaired) electrons. The Kier molecular flexibility index (Phi) is 6.21. The van der Waals surface area contributed by atoms with E-state index >= 15 is 0 Å². The maximum Gasteiger partial charge on any atom is 0.266 e. The molecule has 8 nitrogen and oxygen atoms in total. The molecule has 0 unspecified atom stereocenters. The van der Waals surface area contributed by atoms with Crippen LogP contribution in [0, 0.1) is 11.3 Å². The number of carbonyl (C=O) groups excluding carboxylic acids is 1. The molecular weight excluding hydrogens is 350 g/mol. The number of hydrogen-bond donors (Lipinski definition) is 2. The van der Waals surface area contributed by atoms with Gasteiger partial charge in [-0.2, -0.15) is 5.26 Å². The number of amides is 1. The number of aromatic nitrogens is 1. The van der Waals surface area contributed by atoms with Crippen molar-refractivity contribution in [1.82, 2.24) is 19.7 Å². The van der Waals surface area contributed by atoms with E-state index in [0.717, 1.165) is 50.0 Å². The Morgan fingerprint density at radius 2 is 2.15 bits per heavy atom. The summed E-state index contributed by atoms with van der Waals surface area (Å²) >= 11 is 1.58. The van der Waals surface area contributed by atoms with Crippen molar-refractivity contribution >= 4 is 22.4 Å². The molecule has 3 heterocycles. The van der Waals surface area contributed by atoms with E-state index in [2.05, 4.69) is 27.1 Å². The summed E-state index contributed by atoms with van der Waals surface area (Å²) in [6.07, 6.45) is 2.42. The van der Waals surface area contributed by atoms with Gasteiger partial charge in [0.2, 0.25) is 0 Å². The molecule has 1 aromatic rings. The van der Waals surface area contributed by atoms with E-state index in [1.54, 1.807) is 16.2 Å². The molecule has 1 saturated heterocycles. The van der Waals surface area contributed by atoms with E-state index in [9.17, 15) is 10.1 Å². The standard InChI is InChI=1S/C17H25N7OS/c1-22-4-2-14-15(12-22)26-17(21-14)20-11-13(10-19)16(25)24-8-6-23(5-3-18)7-9-24/h11H,2-9,12,18H2,1H3,(H,20,21)/b13-11-. The van der Waals surface area contributed by atoms with E-state index in [1.807, 2.05) is 6.07 Å². The molecule has 2 aliphatic rings. The van der Waals surface area contributed by atoms with Crippen molar-refractivity contribution in [1.29, 1.82) is 5.26 Å². The Bertz CT molecular complexity index is 715. The number of nitrogens with zero attached hydrogens (tertiary/aromatic N) is 5. The maximum atomic E-state index is 12.6. The zero-order chi connectivity index (χ0) is 18.5.